The van der Waals surface area contributed by atoms with Gasteiger partial charge in [-0.2, -0.15) is 10.1 Å². The Bertz CT molecular complexity index is 975. The summed E-state index contributed by atoms with van der Waals surface area (Å²) in [6.45, 7) is 0. The molecule has 132 valence electrons. The number of rotatable bonds is 3. The molecule has 1 amide bonds. The maximum absolute atomic E-state index is 12.5. The van der Waals surface area contributed by atoms with Gasteiger partial charge in [0, 0.05) is 0 Å². The van der Waals surface area contributed by atoms with Crippen LogP contribution in [0.5, 0.6) is 0 Å². The van der Waals surface area contributed by atoms with Crippen molar-refractivity contribution < 1.29 is 4.79 Å². The van der Waals surface area contributed by atoms with Crippen LogP contribution in [-0.4, -0.2) is 21.5 Å². The van der Waals surface area contributed by atoms with Crippen molar-refractivity contribution in [1.82, 2.24) is 5.01 Å². The molecule has 0 unspecified atom stereocenters. The molecule has 0 saturated carbocycles. The maximum atomic E-state index is 12.5. The number of carbonyl (C=O) groups excluding carboxylic acids is 1. The molecule has 0 aliphatic carbocycles. The lowest BCUT2D eigenvalue weighted by atomic mass is 10.2. The number of thioether (sulfide) groups is 1. The number of benzene rings is 2. The number of carbonyl (C=O) groups is 1. The molecular weight excluding hydrogens is 454 g/mol. The SMILES string of the molecule is O=C1/C(=C/c2ccc(Cl)c(Cl)c2)SC(=S)N1/N=C/c1ccc(Cl)c(Cl)c1. The van der Waals surface area contributed by atoms with E-state index in [4.69, 9.17) is 58.6 Å². The van der Waals surface area contributed by atoms with Gasteiger partial charge in [-0.25, -0.2) is 0 Å². The zero-order chi connectivity index (χ0) is 18.8. The predicted molar refractivity (Wildman–Crippen MR) is 116 cm³/mol. The molecule has 9 heteroatoms. The molecule has 0 N–H and O–H groups in total. The monoisotopic (exact) mass is 460 g/mol. The molecule has 3 rings (SSSR count). The molecule has 0 spiro atoms. The molecule has 0 aromatic heterocycles. The summed E-state index contributed by atoms with van der Waals surface area (Å²) in [6, 6.07) is 10.1. The lowest BCUT2D eigenvalue weighted by Gasteiger charge is -2.06. The molecule has 2 aromatic carbocycles. The molecule has 1 aliphatic heterocycles. The van der Waals surface area contributed by atoms with E-state index >= 15 is 0 Å². The molecule has 1 saturated heterocycles. The Hall–Kier alpha value is -1.08. The van der Waals surface area contributed by atoms with Crippen LogP contribution in [0.4, 0.5) is 0 Å². The van der Waals surface area contributed by atoms with Crippen molar-refractivity contribution in [2.45, 2.75) is 0 Å². The van der Waals surface area contributed by atoms with Gasteiger partial charge in [-0.15, -0.1) is 0 Å². The summed E-state index contributed by atoms with van der Waals surface area (Å²) < 4.78 is 0.331. The number of nitrogens with zero attached hydrogens (tertiary/aromatic N) is 2. The zero-order valence-electron chi connectivity index (χ0n) is 12.7. The molecule has 0 radical (unpaired) electrons. The van der Waals surface area contributed by atoms with E-state index in [9.17, 15) is 4.79 Å². The van der Waals surface area contributed by atoms with Crippen molar-refractivity contribution in [3.05, 3.63) is 72.5 Å². The molecule has 0 bridgehead atoms. The van der Waals surface area contributed by atoms with Crippen LogP contribution in [0.1, 0.15) is 11.1 Å². The predicted octanol–water partition coefficient (Wildman–Crippen LogP) is 6.54. The Morgan fingerprint density at radius 2 is 1.50 bits per heavy atom. The highest BCUT2D eigenvalue weighted by atomic mass is 35.5. The topological polar surface area (TPSA) is 32.7 Å². The third kappa shape index (κ3) is 4.42. The van der Waals surface area contributed by atoms with E-state index in [0.717, 1.165) is 22.3 Å². The second-order valence-corrected chi connectivity index (χ2v) is 8.39. The van der Waals surface area contributed by atoms with Crippen LogP contribution in [0.2, 0.25) is 20.1 Å². The summed E-state index contributed by atoms with van der Waals surface area (Å²) in [5, 5.41) is 7.02. The normalized spacial score (nSPS) is 16.3. The van der Waals surface area contributed by atoms with Gasteiger partial charge in [-0.1, -0.05) is 70.3 Å². The number of thiocarbonyl (C=S) groups is 1. The molecular formula is C17H8Cl4N2OS2. The van der Waals surface area contributed by atoms with Crippen LogP contribution in [0.25, 0.3) is 6.08 Å². The number of hydrazone groups is 1. The van der Waals surface area contributed by atoms with Crippen molar-refractivity contribution in [2.75, 3.05) is 0 Å². The van der Waals surface area contributed by atoms with Crippen molar-refractivity contribution in [3.63, 3.8) is 0 Å². The van der Waals surface area contributed by atoms with Gasteiger partial charge in [0.25, 0.3) is 5.91 Å². The first-order chi connectivity index (χ1) is 12.3. The largest absolute Gasteiger partial charge is 0.286 e. The van der Waals surface area contributed by atoms with Crippen LogP contribution in [-0.2, 0) is 4.79 Å². The minimum absolute atomic E-state index is 0.317. The van der Waals surface area contributed by atoms with Gasteiger partial charge in [0.2, 0.25) is 0 Å². The van der Waals surface area contributed by atoms with Crippen molar-refractivity contribution >= 4 is 92.9 Å². The first kappa shape index (κ1) is 19.7. The van der Waals surface area contributed by atoms with E-state index in [0.29, 0.717) is 34.9 Å². The van der Waals surface area contributed by atoms with Gasteiger partial charge in [-0.05, 0) is 53.7 Å². The molecule has 26 heavy (non-hydrogen) atoms. The quantitative estimate of drug-likeness (QED) is 0.295. The molecule has 0 atom stereocenters. The lowest BCUT2D eigenvalue weighted by molar-refractivity contribution is -0.122. The standard InChI is InChI=1S/C17H8Cl4N2OS2/c18-11-3-1-9(5-13(11)20)7-15-16(24)23(17(25)26-15)22-8-10-2-4-12(19)14(21)6-10/h1-8H/b15-7-,22-8+. The first-order valence-electron chi connectivity index (χ1n) is 7.07. The highest BCUT2D eigenvalue weighted by Gasteiger charge is 2.32. The van der Waals surface area contributed by atoms with E-state index < -0.39 is 0 Å². The highest BCUT2D eigenvalue weighted by Crippen LogP contribution is 2.34. The Balaban J connectivity index is 1.82. The molecule has 1 aliphatic rings. The number of halogens is 4. The maximum Gasteiger partial charge on any atom is 0.286 e. The van der Waals surface area contributed by atoms with Gasteiger partial charge in [0.05, 0.1) is 31.2 Å². The summed E-state index contributed by atoms with van der Waals surface area (Å²) in [5.41, 5.74) is 1.44. The average Bonchev–Trinajstić information content (AvgIpc) is 2.86. The van der Waals surface area contributed by atoms with Gasteiger partial charge in [0.15, 0.2) is 4.32 Å². The van der Waals surface area contributed by atoms with E-state index in [2.05, 4.69) is 5.10 Å². The van der Waals surface area contributed by atoms with Crippen molar-refractivity contribution in [3.8, 4) is 0 Å². The van der Waals surface area contributed by atoms with E-state index in [1.165, 1.54) is 6.21 Å². The summed E-state index contributed by atoms with van der Waals surface area (Å²) in [6.07, 6.45) is 3.19. The van der Waals surface area contributed by atoms with E-state index in [1.54, 1.807) is 42.5 Å². The van der Waals surface area contributed by atoms with E-state index in [-0.39, 0.29) is 5.91 Å². The average molecular weight is 462 g/mol. The van der Waals surface area contributed by atoms with Gasteiger partial charge < -0.3 is 0 Å². The molecule has 1 fully saturated rings. The number of hydrogen-bond donors (Lipinski definition) is 0. The summed E-state index contributed by atoms with van der Waals surface area (Å²) >= 11 is 30.2. The van der Waals surface area contributed by atoms with Crippen LogP contribution in [0, 0.1) is 0 Å². The smallest absolute Gasteiger partial charge is 0.266 e. The molecule has 3 nitrogen and oxygen atoms in total. The second-order valence-electron chi connectivity index (χ2n) is 5.09. The molecule has 1 heterocycles. The van der Waals surface area contributed by atoms with E-state index in [1.807, 2.05) is 0 Å². The summed E-state index contributed by atoms with van der Waals surface area (Å²) in [7, 11) is 0. The van der Waals surface area contributed by atoms with Crippen molar-refractivity contribution in [2.24, 2.45) is 5.10 Å². The minimum Gasteiger partial charge on any atom is -0.266 e. The Morgan fingerprint density at radius 3 is 2.12 bits per heavy atom. The highest BCUT2D eigenvalue weighted by molar-refractivity contribution is 8.26. The van der Waals surface area contributed by atoms with Gasteiger partial charge in [-0.3, -0.25) is 4.79 Å². The lowest BCUT2D eigenvalue weighted by Crippen LogP contribution is -2.22. The first-order valence-corrected chi connectivity index (χ1v) is 9.81. The third-order valence-corrected chi connectivity index (χ3v) is 6.04. The third-order valence-electron chi connectivity index (χ3n) is 3.28. The number of hydrogen-bond acceptors (Lipinski definition) is 4. The van der Waals surface area contributed by atoms with Gasteiger partial charge >= 0.3 is 0 Å². The van der Waals surface area contributed by atoms with Crippen LogP contribution in [0.3, 0.4) is 0 Å². The fourth-order valence-corrected chi connectivity index (χ4v) is 3.82. The Labute approximate surface area is 179 Å². The fourth-order valence-electron chi connectivity index (χ4n) is 2.03. The van der Waals surface area contributed by atoms with Crippen LogP contribution < -0.4 is 0 Å². The minimum atomic E-state index is -0.317. The Morgan fingerprint density at radius 1 is 0.923 bits per heavy atom. The van der Waals surface area contributed by atoms with Crippen LogP contribution in [0.15, 0.2) is 46.4 Å². The zero-order valence-corrected chi connectivity index (χ0v) is 17.4. The number of amides is 1. The summed E-state index contributed by atoms with van der Waals surface area (Å²) in [5.74, 6) is -0.317. The van der Waals surface area contributed by atoms with Crippen molar-refractivity contribution in [1.29, 1.82) is 0 Å². The summed E-state index contributed by atoms with van der Waals surface area (Å²) in [4.78, 5) is 13.0. The Kier molecular flexibility index (Phi) is 6.28. The second kappa shape index (κ2) is 8.30. The fraction of sp³-hybridized carbons (Fsp3) is 0. The van der Waals surface area contributed by atoms with Crippen LogP contribution >= 0.6 is 70.4 Å². The van der Waals surface area contributed by atoms with Gasteiger partial charge in [0.1, 0.15) is 0 Å². The molecule has 2 aromatic rings.